The Morgan fingerprint density at radius 3 is 2.57 bits per heavy atom. The third kappa shape index (κ3) is 6.21. The topological polar surface area (TPSA) is 30.5 Å². The van der Waals surface area contributed by atoms with E-state index < -0.39 is 0 Å². The Hall–Kier alpha value is -1.48. The van der Waals surface area contributed by atoms with Crippen LogP contribution in [-0.4, -0.2) is 26.8 Å². The highest BCUT2D eigenvalue weighted by Gasteiger charge is 2.02. The number of methoxy groups -OCH3 is 1. The summed E-state index contributed by atoms with van der Waals surface area (Å²) in [7, 11) is 1.67. The van der Waals surface area contributed by atoms with Gasteiger partial charge in [0.25, 0.3) is 0 Å². The van der Waals surface area contributed by atoms with Crippen molar-refractivity contribution in [1.29, 1.82) is 0 Å². The van der Waals surface area contributed by atoms with E-state index in [0.29, 0.717) is 0 Å². The highest BCUT2D eigenvalue weighted by Crippen LogP contribution is 2.19. The van der Waals surface area contributed by atoms with Crippen molar-refractivity contribution in [3.8, 4) is 11.5 Å². The second-order valence-electron chi connectivity index (χ2n) is 5.49. The maximum Gasteiger partial charge on any atom is 0.119 e. The summed E-state index contributed by atoms with van der Waals surface area (Å²) < 4.78 is 10.8. The van der Waals surface area contributed by atoms with Crippen molar-refractivity contribution in [1.82, 2.24) is 5.32 Å². The maximum absolute atomic E-state index is 5.70. The van der Waals surface area contributed by atoms with Gasteiger partial charge >= 0.3 is 0 Å². The minimum absolute atomic E-state index is 0.752. The fraction of sp³-hybridized carbons (Fsp3) is 0.556. The second-order valence-corrected chi connectivity index (χ2v) is 5.49. The molecular formula is C18H27NO2. The molecule has 1 N–H and O–H groups in total. The quantitative estimate of drug-likeness (QED) is 0.551. The molecule has 0 bridgehead atoms. The van der Waals surface area contributed by atoms with Crippen LogP contribution in [0.1, 0.15) is 38.5 Å². The van der Waals surface area contributed by atoms with Crippen LogP contribution >= 0.6 is 0 Å². The van der Waals surface area contributed by atoms with Gasteiger partial charge in [-0.25, -0.2) is 0 Å². The van der Waals surface area contributed by atoms with Crippen LogP contribution in [0.4, 0.5) is 0 Å². The van der Waals surface area contributed by atoms with Crippen LogP contribution in [0.5, 0.6) is 11.5 Å². The number of benzene rings is 1. The number of hydrogen-bond acceptors (Lipinski definition) is 3. The van der Waals surface area contributed by atoms with Gasteiger partial charge in [0.1, 0.15) is 11.5 Å². The Morgan fingerprint density at radius 2 is 1.86 bits per heavy atom. The van der Waals surface area contributed by atoms with Gasteiger partial charge in [-0.05, 0) is 75.9 Å². The molecule has 0 spiro atoms. The zero-order valence-electron chi connectivity index (χ0n) is 13.1. The summed E-state index contributed by atoms with van der Waals surface area (Å²) in [5, 5.41) is 3.50. The van der Waals surface area contributed by atoms with Crippen LogP contribution in [0, 0.1) is 0 Å². The number of allylic oxidation sites excluding steroid dienone is 1. The van der Waals surface area contributed by atoms with Gasteiger partial charge in [0.15, 0.2) is 0 Å². The molecule has 0 atom stereocenters. The second kappa shape index (κ2) is 9.46. The molecule has 2 rings (SSSR count). The molecule has 0 fully saturated rings. The summed E-state index contributed by atoms with van der Waals surface area (Å²) in [4.78, 5) is 0. The lowest BCUT2D eigenvalue weighted by atomic mass is 9.97. The Morgan fingerprint density at radius 1 is 1.05 bits per heavy atom. The van der Waals surface area contributed by atoms with E-state index in [2.05, 4.69) is 11.4 Å². The average Bonchev–Trinajstić information content (AvgIpc) is 2.55. The van der Waals surface area contributed by atoms with Crippen LogP contribution in [0.3, 0.4) is 0 Å². The first-order valence-electron chi connectivity index (χ1n) is 8.04. The number of hydrogen-bond donors (Lipinski definition) is 1. The van der Waals surface area contributed by atoms with Crippen LogP contribution in [-0.2, 0) is 0 Å². The molecule has 1 aromatic carbocycles. The van der Waals surface area contributed by atoms with Gasteiger partial charge in [0, 0.05) is 0 Å². The predicted molar refractivity (Wildman–Crippen MR) is 87.1 cm³/mol. The Kier molecular flexibility index (Phi) is 7.16. The fourth-order valence-electron chi connectivity index (χ4n) is 2.56. The van der Waals surface area contributed by atoms with Gasteiger partial charge in [-0.3, -0.25) is 0 Å². The number of nitrogens with one attached hydrogen (secondary N) is 1. The van der Waals surface area contributed by atoms with E-state index in [1.807, 2.05) is 24.3 Å². The van der Waals surface area contributed by atoms with E-state index in [4.69, 9.17) is 9.47 Å². The predicted octanol–water partition coefficient (Wildman–Crippen LogP) is 3.94. The largest absolute Gasteiger partial charge is 0.497 e. The van der Waals surface area contributed by atoms with Crippen molar-refractivity contribution < 1.29 is 9.47 Å². The summed E-state index contributed by atoms with van der Waals surface area (Å²) in [6, 6.07) is 7.74. The first-order chi connectivity index (χ1) is 10.4. The number of ether oxygens (including phenoxy) is 2. The van der Waals surface area contributed by atoms with E-state index in [9.17, 15) is 0 Å². The lowest BCUT2D eigenvalue weighted by Gasteiger charge is -2.13. The van der Waals surface area contributed by atoms with Crippen LogP contribution in [0.25, 0.3) is 0 Å². The van der Waals surface area contributed by atoms with Crippen molar-refractivity contribution in [3.63, 3.8) is 0 Å². The van der Waals surface area contributed by atoms with Gasteiger partial charge in [-0.15, -0.1) is 0 Å². The molecule has 3 nitrogen and oxygen atoms in total. The zero-order chi connectivity index (χ0) is 14.8. The fourth-order valence-corrected chi connectivity index (χ4v) is 2.56. The molecule has 21 heavy (non-hydrogen) atoms. The SMILES string of the molecule is COc1ccc(OCCCNCCC2=CCCCC2)cc1. The summed E-state index contributed by atoms with van der Waals surface area (Å²) >= 11 is 0. The molecule has 0 aliphatic heterocycles. The molecule has 3 heteroatoms. The minimum Gasteiger partial charge on any atom is -0.497 e. The Labute approximate surface area is 128 Å². The summed E-state index contributed by atoms with van der Waals surface area (Å²) in [5.41, 5.74) is 1.64. The third-order valence-electron chi connectivity index (χ3n) is 3.83. The molecule has 0 aromatic heterocycles. The lowest BCUT2D eigenvalue weighted by molar-refractivity contribution is 0.307. The van der Waals surface area contributed by atoms with Crippen molar-refractivity contribution >= 4 is 0 Å². The number of rotatable bonds is 9. The average molecular weight is 289 g/mol. The smallest absolute Gasteiger partial charge is 0.119 e. The molecule has 0 amide bonds. The van der Waals surface area contributed by atoms with E-state index in [1.54, 1.807) is 12.7 Å². The molecule has 116 valence electrons. The molecule has 1 aliphatic carbocycles. The molecule has 0 saturated carbocycles. The minimum atomic E-state index is 0.752. The maximum atomic E-state index is 5.70. The van der Waals surface area contributed by atoms with Crippen LogP contribution in [0.2, 0.25) is 0 Å². The normalized spacial score (nSPS) is 14.6. The van der Waals surface area contributed by atoms with Crippen molar-refractivity contribution in [3.05, 3.63) is 35.9 Å². The highest BCUT2D eigenvalue weighted by molar-refractivity contribution is 5.31. The molecule has 0 saturated heterocycles. The summed E-state index contributed by atoms with van der Waals surface area (Å²) in [6.07, 6.45) is 10.0. The zero-order valence-corrected chi connectivity index (χ0v) is 13.1. The first kappa shape index (κ1) is 15.9. The van der Waals surface area contributed by atoms with E-state index >= 15 is 0 Å². The van der Waals surface area contributed by atoms with E-state index in [0.717, 1.165) is 37.6 Å². The highest BCUT2D eigenvalue weighted by atomic mass is 16.5. The lowest BCUT2D eigenvalue weighted by Crippen LogP contribution is -2.19. The van der Waals surface area contributed by atoms with Gasteiger partial charge in [0.05, 0.1) is 13.7 Å². The van der Waals surface area contributed by atoms with Gasteiger partial charge in [-0.1, -0.05) is 11.6 Å². The Bertz CT molecular complexity index is 425. The molecule has 0 heterocycles. The Balaban J connectivity index is 1.48. The third-order valence-corrected chi connectivity index (χ3v) is 3.83. The standard InChI is InChI=1S/C18H27NO2/c1-20-17-8-10-18(11-9-17)21-15-5-13-19-14-12-16-6-3-2-4-7-16/h6,8-11,19H,2-5,7,12-15H2,1H3. The monoisotopic (exact) mass is 289 g/mol. The molecule has 0 radical (unpaired) electrons. The molecular weight excluding hydrogens is 262 g/mol. The van der Waals surface area contributed by atoms with Gasteiger partial charge in [0.2, 0.25) is 0 Å². The van der Waals surface area contributed by atoms with Gasteiger partial charge in [-0.2, -0.15) is 0 Å². The van der Waals surface area contributed by atoms with E-state index in [1.165, 1.54) is 32.1 Å². The molecule has 1 aromatic rings. The first-order valence-corrected chi connectivity index (χ1v) is 8.04. The van der Waals surface area contributed by atoms with Crippen molar-refractivity contribution in [2.45, 2.75) is 38.5 Å². The van der Waals surface area contributed by atoms with Crippen molar-refractivity contribution in [2.75, 3.05) is 26.8 Å². The molecule has 0 unspecified atom stereocenters. The molecule has 1 aliphatic rings. The van der Waals surface area contributed by atoms with Crippen molar-refractivity contribution in [2.24, 2.45) is 0 Å². The van der Waals surface area contributed by atoms with Crippen LogP contribution < -0.4 is 14.8 Å². The van der Waals surface area contributed by atoms with E-state index in [-0.39, 0.29) is 0 Å². The van der Waals surface area contributed by atoms with Crippen LogP contribution in [0.15, 0.2) is 35.9 Å². The van der Waals surface area contributed by atoms with Gasteiger partial charge < -0.3 is 14.8 Å². The summed E-state index contributed by atoms with van der Waals surface area (Å²) in [6.45, 7) is 2.86. The summed E-state index contributed by atoms with van der Waals surface area (Å²) in [5.74, 6) is 1.77.